The summed E-state index contributed by atoms with van der Waals surface area (Å²) in [6.07, 6.45) is -0.0449. The summed E-state index contributed by atoms with van der Waals surface area (Å²) in [5.41, 5.74) is 1.02. The van der Waals surface area contributed by atoms with Crippen molar-refractivity contribution in [2.24, 2.45) is 0 Å². The van der Waals surface area contributed by atoms with Gasteiger partial charge in [-0.3, -0.25) is 0 Å². The largest absolute Gasteiger partial charge is 0.379 e. The predicted octanol–water partition coefficient (Wildman–Crippen LogP) is 3.43. The average Bonchev–Trinajstić information content (AvgIpc) is 2.39. The van der Waals surface area contributed by atoms with Gasteiger partial charge in [0.25, 0.3) is 0 Å². The van der Waals surface area contributed by atoms with Crippen LogP contribution in [-0.4, -0.2) is 32.4 Å². The molecule has 1 N–H and O–H groups in total. The molecule has 0 fully saturated rings. The molecule has 1 aromatic carbocycles. The first-order valence-electron chi connectivity index (χ1n) is 6.82. The van der Waals surface area contributed by atoms with Gasteiger partial charge in [-0.25, -0.2) is 0 Å². The Kier molecular flexibility index (Phi) is 8.07. The fourth-order valence-electron chi connectivity index (χ4n) is 1.73. The highest BCUT2D eigenvalue weighted by Gasteiger charge is 2.15. The van der Waals surface area contributed by atoms with Crippen LogP contribution in [0, 0.1) is 0 Å². The Labute approximate surface area is 121 Å². The molecule has 0 spiro atoms. The summed E-state index contributed by atoms with van der Waals surface area (Å²) in [5.74, 6) is 0. The van der Waals surface area contributed by atoms with Crippen molar-refractivity contribution in [3.63, 3.8) is 0 Å². The lowest BCUT2D eigenvalue weighted by Gasteiger charge is -2.21. The van der Waals surface area contributed by atoms with Crippen LogP contribution < -0.4 is 5.32 Å². The zero-order chi connectivity index (χ0) is 14.1. The van der Waals surface area contributed by atoms with Gasteiger partial charge in [-0.05, 0) is 13.0 Å². The van der Waals surface area contributed by atoms with Crippen LogP contribution in [0.5, 0.6) is 0 Å². The zero-order valence-corrected chi connectivity index (χ0v) is 12.7. The van der Waals surface area contributed by atoms with Gasteiger partial charge < -0.3 is 14.8 Å². The molecule has 1 unspecified atom stereocenters. The lowest BCUT2D eigenvalue weighted by molar-refractivity contribution is 0.00621. The highest BCUT2D eigenvalue weighted by Crippen LogP contribution is 2.25. The Morgan fingerprint density at radius 3 is 2.58 bits per heavy atom. The van der Waals surface area contributed by atoms with Crippen molar-refractivity contribution in [3.05, 3.63) is 34.9 Å². The molecular formula is C15H24ClNO2. The van der Waals surface area contributed by atoms with Crippen LogP contribution in [0.4, 0.5) is 0 Å². The van der Waals surface area contributed by atoms with Crippen molar-refractivity contribution in [3.8, 4) is 0 Å². The van der Waals surface area contributed by atoms with Gasteiger partial charge in [-0.1, -0.05) is 43.6 Å². The monoisotopic (exact) mass is 285 g/mol. The summed E-state index contributed by atoms with van der Waals surface area (Å²) < 4.78 is 11.2. The van der Waals surface area contributed by atoms with Crippen molar-refractivity contribution in [2.75, 3.05) is 26.4 Å². The summed E-state index contributed by atoms with van der Waals surface area (Å²) >= 11 is 6.24. The molecular weight excluding hydrogens is 262 g/mol. The molecule has 19 heavy (non-hydrogen) atoms. The van der Waals surface area contributed by atoms with E-state index < -0.39 is 0 Å². The molecule has 108 valence electrons. The van der Waals surface area contributed by atoms with Gasteiger partial charge in [-0.2, -0.15) is 0 Å². The molecule has 1 atom stereocenters. The number of hydrogen-bond donors (Lipinski definition) is 1. The molecule has 0 aliphatic rings. The van der Waals surface area contributed by atoms with E-state index in [4.69, 9.17) is 21.1 Å². The van der Waals surface area contributed by atoms with E-state index in [-0.39, 0.29) is 6.10 Å². The number of hydrogen-bond acceptors (Lipinski definition) is 3. The van der Waals surface area contributed by atoms with Crippen molar-refractivity contribution >= 4 is 11.6 Å². The quantitative estimate of drug-likeness (QED) is 0.705. The predicted molar refractivity (Wildman–Crippen MR) is 79.8 cm³/mol. The van der Waals surface area contributed by atoms with E-state index >= 15 is 0 Å². The Morgan fingerprint density at radius 2 is 1.95 bits per heavy atom. The average molecular weight is 286 g/mol. The van der Waals surface area contributed by atoms with Gasteiger partial charge >= 0.3 is 0 Å². The summed E-state index contributed by atoms with van der Waals surface area (Å²) in [6, 6.07) is 8.23. The van der Waals surface area contributed by atoms with E-state index in [1.165, 1.54) is 0 Å². The van der Waals surface area contributed by atoms with E-state index in [1.807, 2.05) is 31.2 Å². The molecule has 0 bridgehead atoms. The van der Waals surface area contributed by atoms with Crippen LogP contribution >= 0.6 is 11.6 Å². The Balaban J connectivity index is 2.60. The molecule has 0 saturated heterocycles. The Hall–Kier alpha value is -0.610. The molecule has 0 radical (unpaired) electrons. The maximum Gasteiger partial charge on any atom is 0.0964 e. The third kappa shape index (κ3) is 6.39. The molecule has 4 heteroatoms. The summed E-state index contributed by atoms with van der Waals surface area (Å²) in [5, 5.41) is 4.13. The highest BCUT2D eigenvalue weighted by molar-refractivity contribution is 6.31. The molecule has 0 amide bonds. The second kappa shape index (κ2) is 9.32. The van der Waals surface area contributed by atoms with E-state index in [9.17, 15) is 0 Å². The van der Waals surface area contributed by atoms with Gasteiger partial charge in [-0.15, -0.1) is 0 Å². The minimum Gasteiger partial charge on any atom is -0.379 e. The lowest BCUT2D eigenvalue weighted by Crippen LogP contribution is -2.29. The lowest BCUT2D eigenvalue weighted by atomic mass is 10.1. The summed E-state index contributed by atoms with van der Waals surface area (Å²) in [6.45, 7) is 8.85. The van der Waals surface area contributed by atoms with E-state index in [1.54, 1.807) is 0 Å². The van der Waals surface area contributed by atoms with E-state index in [0.717, 1.165) is 17.1 Å². The van der Waals surface area contributed by atoms with E-state index in [0.29, 0.717) is 25.9 Å². The fourth-order valence-corrected chi connectivity index (χ4v) is 1.99. The van der Waals surface area contributed by atoms with Crippen LogP contribution in [0.2, 0.25) is 5.02 Å². The topological polar surface area (TPSA) is 30.5 Å². The number of benzene rings is 1. The Bertz CT molecular complexity index is 358. The maximum atomic E-state index is 6.24. The normalized spacial score (nSPS) is 12.9. The van der Waals surface area contributed by atoms with Crippen molar-refractivity contribution < 1.29 is 9.47 Å². The van der Waals surface area contributed by atoms with Crippen LogP contribution in [0.25, 0.3) is 0 Å². The minimum atomic E-state index is -0.0449. The molecule has 0 aromatic heterocycles. The van der Waals surface area contributed by atoms with Gasteiger partial charge in [0.05, 0.1) is 19.3 Å². The minimum absolute atomic E-state index is 0.0449. The second-order valence-corrected chi connectivity index (χ2v) is 5.05. The number of rotatable bonds is 9. The molecule has 0 aliphatic heterocycles. The van der Waals surface area contributed by atoms with Gasteiger partial charge in [0.2, 0.25) is 0 Å². The van der Waals surface area contributed by atoms with Gasteiger partial charge in [0, 0.05) is 29.8 Å². The first-order valence-corrected chi connectivity index (χ1v) is 7.20. The SMILES string of the molecule is CCOCCOC(CNC(C)C)c1ccccc1Cl. The molecule has 0 heterocycles. The van der Waals surface area contributed by atoms with Crippen LogP contribution in [0.1, 0.15) is 32.4 Å². The van der Waals surface area contributed by atoms with Crippen molar-refractivity contribution in [2.45, 2.75) is 32.9 Å². The van der Waals surface area contributed by atoms with Crippen molar-refractivity contribution in [1.82, 2.24) is 5.32 Å². The van der Waals surface area contributed by atoms with Crippen LogP contribution in [-0.2, 0) is 9.47 Å². The molecule has 1 rings (SSSR count). The van der Waals surface area contributed by atoms with Crippen LogP contribution in [0.15, 0.2) is 24.3 Å². The first kappa shape index (κ1) is 16.4. The highest BCUT2D eigenvalue weighted by atomic mass is 35.5. The maximum absolute atomic E-state index is 6.24. The number of halogens is 1. The van der Waals surface area contributed by atoms with Crippen LogP contribution in [0.3, 0.4) is 0 Å². The fraction of sp³-hybridized carbons (Fsp3) is 0.600. The molecule has 0 saturated carbocycles. The van der Waals surface area contributed by atoms with Crippen molar-refractivity contribution in [1.29, 1.82) is 0 Å². The van der Waals surface area contributed by atoms with Gasteiger partial charge in [0.1, 0.15) is 0 Å². The zero-order valence-electron chi connectivity index (χ0n) is 12.0. The number of ether oxygens (including phenoxy) is 2. The van der Waals surface area contributed by atoms with Gasteiger partial charge in [0.15, 0.2) is 0 Å². The summed E-state index contributed by atoms with van der Waals surface area (Å²) in [7, 11) is 0. The Morgan fingerprint density at radius 1 is 1.21 bits per heavy atom. The molecule has 3 nitrogen and oxygen atoms in total. The third-order valence-corrected chi connectivity index (χ3v) is 3.06. The molecule has 0 aliphatic carbocycles. The summed E-state index contributed by atoms with van der Waals surface area (Å²) in [4.78, 5) is 0. The molecule has 1 aromatic rings. The first-order chi connectivity index (χ1) is 9.15. The standard InChI is InChI=1S/C15H24ClNO2/c1-4-18-9-10-19-15(11-17-12(2)3)13-7-5-6-8-14(13)16/h5-8,12,15,17H,4,9-11H2,1-3H3. The smallest absolute Gasteiger partial charge is 0.0964 e. The second-order valence-electron chi connectivity index (χ2n) is 4.64. The van der Waals surface area contributed by atoms with E-state index in [2.05, 4.69) is 19.2 Å². The third-order valence-electron chi connectivity index (χ3n) is 2.71. The number of nitrogens with one attached hydrogen (secondary N) is 1.